The molecular weight excluding hydrogens is 308 g/mol. The Morgan fingerprint density at radius 2 is 2.13 bits per heavy atom. The summed E-state index contributed by atoms with van der Waals surface area (Å²) in [7, 11) is 3.79. The van der Waals surface area contributed by atoms with Crippen molar-refractivity contribution in [1.29, 1.82) is 0 Å². The molecule has 0 spiro atoms. The van der Waals surface area contributed by atoms with E-state index in [1.807, 2.05) is 12.1 Å². The van der Waals surface area contributed by atoms with Crippen LogP contribution in [-0.4, -0.2) is 34.2 Å². The van der Waals surface area contributed by atoms with Crippen molar-refractivity contribution >= 4 is 22.2 Å². The number of aromatic amines is 1. The first-order valence-electron chi connectivity index (χ1n) is 7.64. The number of rotatable bonds is 5. The Morgan fingerprint density at radius 1 is 1.35 bits per heavy atom. The molecule has 0 bridgehead atoms. The standard InChI is InChI=1S/C17H22N4OS/c1-10(17-11(2)23-12(3)18-17)21(4)9-16-14-7-6-13(22-5)8-15(14)19-20-16/h6-8,10H,9H2,1-5H3,(H,19,20)/t10-/m1/s1. The smallest absolute Gasteiger partial charge is 0.121 e. The normalized spacial score (nSPS) is 13.0. The molecule has 0 fully saturated rings. The van der Waals surface area contributed by atoms with Crippen LogP contribution in [0.4, 0.5) is 0 Å². The van der Waals surface area contributed by atoms with Crippen molar-refractivity contribution in [2.45, 2.75) is 33.4 Å². The number of aromatic nitrogens is 3. The quantitative estimate of drug-likeness (QED) is 0.772. The lowest BCUT2D eigenvalue weighted by atomic mass is 10.1. The number of hydrogen-bond donors (Lipinski definition) is 1. The first kappa shape index (κ1) is 16.0. The van der Waals surface area contributed by atoms with E-state index in [0.29, 0.717) is 0 Å². The molecule has 5 nitrogen and oxygen atoms in total. The number of H-pyrrole nitrogens is 1. The summed E-state index contributed by atoms with van der Waals surface area (Å²) in [6.07, 6.45) is 0. The van der Waals surface area contributed by atoms with Gasteiger partial charge in [-0.2, -0.15) is 5.10 Å². The van der Waals surface area contributed by atoms with Crippen LogP contribution < -0.4 is 4.74 Å². The molecule has 0 aliphatic heterocycles. The van der Waals surface area contributed by atoms with Crippen LogP contribution in [0.2, 0.25) is 0 Å². The highest BCUT2D eigenvalue weighted by Gasteiger charge is 2.19. The van der Waals surface area contributed by atoms with Gasteiger partial charge >= 0.3 is 0 Å². The van der Waals surface area contributed by atoms with Gasteiger partial charge < -0.3 is 4.74 Å². The summed E-state index contributed by atoms with van der Waals surface area (Å²) in [6.45, 7) is 7.19. The number of hydrogen-bond acceptors (Lipinski definition) is 5. The third-order valence-corrected chi connectivity index (χ3v) is 5.15. The van der Waals surface area contributed by atoms with Crippen molar-refractivity contribution in [1.82, 2.24) is 20.1 Å². The molecule has 3 aromatic rings. The second-order valence-electron chi connectivity index (χ2n) is 5.85. The van der Waals surface area contributed by atoms with Gasteiger partial charge in [0.25, 0.3) is 0 Å². The molecule has 0 amide bonds. The zero-order valence-corrected chi connectivity index (χ0v) is 15.0. The minimum Gasteiger partial charge on any atom is -0.497 e. The predicted molar refractivity (Wildman–Crippen MR) is 94.1 cm³/mol. The van der Waals surface area contributed by atoms with Crippen molar-refractivity contribution in [2.24, 2.45) is 0 Å². The van der Waals surface area contributed by atoms with E-state index in [1.165, 1.54) is 10.6 Å². The van der Waals surface area contributed by atoms with Gasteiger partial charge in [-0.15, -0.1) is 11.3 Å². The summed E-state index contributed by atoms with van der Waals surface area (Å²) in [4.78, 5) is 8.26. The second-order valence-corrected chi connectivity index (χ2v) is 7.26. The molecule has 1 aromatic carbocycles. The zero-order chi connectivity index (χ0) is 16.6. The Balaban J connectivity index is 1.82. The fourth-order valence-corrected chi connectivity index (χ4v) is 3.73. The van der Waals surface area contributed by atoms with Crippen LogP contribution in [0, 0.1) is 13.8 Å². The van der Waals surface area contributed by atoms with Crippen molar-refractivity contribution in [3.8, 4) is 5.75 Å². The summed E-state index contributed by atoms with van der Waals surface area (Å²) in [6, 6.07) is 6.24. The lowest BCUT2D eigenvalue weighted by molar-refractivity contribution is 0.246. The number of benzene rings is 1. The van der Waals surface area contributed by atoms with Crippen LogP contribution in [0.15, 0.2) is 18.2 Å². The van der Waals surface area contributed by atoms with Crippen LogP contribution in [0.3, 0.4) is 0 Å². The molecule has 2 heterocycles. The Bertz CT molecular complexity index is 823. The van der Waals surface area contributed by atoms with Gasteiger partial charge in [-0.3, -0.25) is 10.00 Å². The maximum atomic E-state index is 5.25. The number of methoxy groups -OCH3 is 1. The second kappa shape index (κ2) is 6.29. The summed E-state index contributed by atoms with van der Waals surface area (Å²) < 4.78 is 5.25. The average molecular weight is 330 g/mol. The van der Waals surface area contributed by atoms with Crippen LogP contribution in [0.5, 0.6) is 5.75 Å². The predicted octanol–water partition coefficient (Wildman–Crippen LogP) is 3.84. The molecule has 122 valence electrons. The van der Waals surface area contributed by atoms with Crippen LogP contribution in [0.25, 0.3) is 10.9 Å². The van der Waals surface area contributed by atoms with Crippen molar-refractivity contribution in [3.63, 3.8) is 0 Å². The van der Waals surface area contributed by atoms with E-state index < -0.39 is 0 Å². The lowest BCUT2D eigenvalue weighted by Crippen LogP contribution is -2.23. The van der Waals surface area contributed by atoms with Gasteiger partial charge in [0.05, 0.1) is 35.1 Å². The van der Waals surface area contributed by atoms with Gasteiger partial charge in [-0.25, -0.2) is 4.98 Å². The SMILES string of the molecule is COc1ccc2c(CN(C)[C@H](C)c3nc(C)sc3C)[nH]nc2c1. The van der Waals surface area contributed by atoms with E-state index >= 15 is 0 Å². The van der Waals surface area contributed by atoms with Crippen molar-refractivity contribution < 1.29 is 4.74 Å². The zero-order valence-electron chi connectivity index (χ0n) is 14.2. The van der Waals surface area contributed by atoms with E-state index in [1.54, 1.807) is 18.4 Å². The number of ether oxygens (including phenoxy) is 1. The third-order valence-electron chi connectivity index (χ3n) is 4.25. The molecule has 6 heteroatoms. The summed E-state index contributed by atoms with van der Waals surface area (Å²) in [5.74, 6) is 0.825. The Morgan fingerprint density at radius 3 is 2.78 bits per heavy atom. The summed E-state index contributed by atoms with van der Waals surface area (Å²) in [5.41, 5.74) is 3.21. The monoisotopic (exact) mass is 330 g/mol. The molecule has 2 aromatic heterocycles. The minimum absolute atomic E-state index is 0.261. The molecule has 0 aliphatic carbocycles. The molecule has 3 rings (SSSR count). The van der Waals surface area contributed by atoms with E-state index in [9.17, 15) is 0 Å². The van der Waals surface area contributed by atoms with E-state index in [2.05, 4.69) is 54.0 Å². The average Bonchev–Trinajstić information content (AvgIpc) is 3.08. The third kappa shape index (κ3) is 3.09. The number of aryl methyl sites for hydroxylation is 2. The maximum Gasteiger partial charge on any atom is 0.121 e. The van der Waals surface area contributed by atoms with Crippen LogP contribution >= 0.6 is 11.3 Å². The van der Waals surface area contributed by atoms with Crippen molar-refractivity contribution in [3.05, 3.63) is 39.5 Å². The Labute approximate surface area is 140 Å². The number of nitrogens with zero attached hydrogens (tertiary/aromatic N) is 3. The molecule has 0 aliphatic rings. The van der Waals surface area contributed by atoms with Gasteiger partial charge in [0, 0.05) is 22.9 Å². The molecule has 23 heavy (non-hydrogen) atoms. The molecule has 0 saturated heterocycles. The summed E-state index contributed by atoms with van der Waals surface area (Å²) in [5, 5.41) is 9.80. The van der Waals surface area contributed by atoms with Gasteiger partial charge in [-0.05, 0) is 40.0 Å². The van der Waals surface area contributed by atoms with Gasteiger partial charge in [0.1, 0.15) is 5.75 Å². The molecule has 0 unspecified atom stereocenters. The first-order chi connectivity index (χ1) is 11.0. The van der Waals surface area contributed by atoms with Gasteiger partial charge in [0.2, 0.25) is 0 Å². The van der Waals surface area contributed by atoms with E-state index in [0.717, 1.165) is 33.9 Å². The van der Waals surface area contributed by atoms with Gasteiger partial charge in [-0.1, -0.05) is 0 Å². The van der Waals surface area contributed by atoms with Crippen molar-refractivity contribution in [2.75, 3.05) is 14.2 Å². The number of fused-ring (bicyclic) bond motifs is 1. The highest BCUT2D eigenvalue weighted by molar-refractivity contribution is 7.11. The molecule has 0 radical (unpaired) electrons. The molecule has 0 saturated carbocycles. The topological polar surface area (TPSA) is 54.0 Å². The van der Waals surface area contributed by atoms with E-state index in [4.69, 9.17) is 4.74 Å². The van der Waals surface area contributed by atoms with Crippen LogP contribution in [0.1, 0.15) is 34.2 Å². The number of nitrogens with one attached hydrogen (secondary N) is 1. The largest absolute Gasteiger partial charge is 0.497 e. The highest BCUT2D eigenvalue weighted by atomic mass is 32.1. The van der Waals surface area contributed by atoms with Crippen LogP contribution in [-0.2, 0) is 6.54 Å². The van der Waals surface area contributed by atoms with E-state index in [-0.39, 0.29) is 6.04 Å². The lowest BCUT2D eigenvalue weighted by Gasteiger charge is -2.23. The summed E-state index contributed by atoms with van der Waals surface area (Å²) >= 11 is 1.76. The molecule has 1 N–H and O–H groups in total. The molecular formula is C17H22N4OS. The first-order valence-corrected chi connectivity index (χ1v) is 8.46. The fraction of sp³-hybridized carbons (Fsp3) is 0.412. The fourth-order valence-electron chi connectivity index (χ4n) is 2.82. The molecule has 1 atom stereocenters. The maximum absolute atomic E-state index is 5.25. The Hall–Kier alpha value is -1.92. The highest BCUT2D eigenvalue weighted by Crippen LogP contribution is 2.28. The van der Waals surface area contributed by atoms with Gasteiger partial charge in [0.15, 0.2) is 0 Å². The minimum atomic E-state index is 0.261. The Kier molecular flexibility index (Phi) is 4.37. The number of thiazole rings is 1.